The summed E-state index contributed by atoms with van der Waals surface area (Å²) < 4.78 is 37.8. The van der Waals surface area contributed by atoms with Crippen LogP contribution in [0.5, 0.6) is 0 Å². The molecule has 0 saturated heterocycles. The Morgan fingerprint density at radius 2 is 0.987 bits per heavy atom. The van der Waals surface area contributed by atoms with Gasteiger partial charge >= 0.3 is 0 Å². The lowest BCUT2D eigenvalue weighted by Gasteiger charge is -2.43. The minimum Gasteiger partial charge on any atom is -0.453 e. The fourth-order valence-electron chi connectivity index (χ4n) is 15.0. The molecule has 352 valence electrons. The SMILES string of the molecule is CC1(C)c2ccccc2N(c2cccc3c2oc2c4c(ccc23)C2(c3ccccc3-c3ccccc32)c2ccc3c5c(ccc-4c25)C=C3)c2cc3c(cc21)-c1ccccc1[Si]3(c1ccc(F)cc1)c1ccc(F)cc1. The van der Waals surface area contributed by atoms with Crippen molar-refractivity contribution in [1.82, 2.24) is 0 Å². The van der Waals surface area contributed by atoms with Crippen LogP contribution in [-0.4, -0.2) is 8.07 Å². The van der Waals surface area contributed by atoms with Crippen molar-refractivity contribution in [3.8, 4) is 33.4 Å². The highest BCUT2D eigenvalue weighted by molar-refractivity contribution is 7.22. The Morgan fingerprint density at radius 1 is 0.400 bits per heavy atom. The van der Waals surface area contributed by atoms with Crippen molar-refractivity contribution >= 4 is 90.7 Å². The molecule has 0 amide bonds. The van der Waals surface area contributed by atoms with Crippen LogP contribution >= 0.6 is 0 Å². The maximum Gasteiger partial charge on any atom is 0.180 e. The summed E-state index contributed by atoms with van der Waals surface area (Å²) in [5, 5.41) is 9.17. The number of fused-ring (bicyclic) bond motifs is 18. The summed E-state index contributed by atoms with van der Waals surface area (Å²) >= 11 is 0. The van der Waals surface area contributed by atoms with Crippen molar-refractivity contribution in [2.75, 3.05) is 4.90 Å². The average Bonchev–Trinajstić information content (AvgIpc) is 4.42. The molecule has 2 nitrogen and oxygen atoms in total. The van der Waals surface area contributed by atoms with Crippen molar-refractivity contribution in [2.45, 2.75) is 24.7 Å². The molecule has 0 atom stereocenters. The molecule has 3 aliphatic carbocycles. The summed E-state index contributed by atoms with van der Waals surface area (Å²) in [6.45, 7) is 4.68. The highest BCUT2D eigenvalue weighted by Crippen LogP contribution is 2.64. The van der Waals surface area contributed by atoms with Gasteiger partial charge in [-0.3, -0.25) is 0 Å². The Balaban J connectivity index is 0.974. The second-order valence-electron chi connectivity index (χ2n) is 21.7. The Hall–Kier alpha value is -8.90. The maximum absolute atomic E-state index is 15.0. The summed E-state index contributed by atoms with van der Waals surface area (Å²) in [5.41, 5.74) is 21.0. The first-order valence-electron chi connectivity index (χ1n) is 26.0. The van der Waals surface area contributed by atoms with Gasteiger partial charge in [-0.05, 0) is 152 Å². The van der Waals surface area contributed by atoms with E-state index in [9.17, 15) is 0 Å². The minimum atomic E-state index is -3.21. The molecule has 0 radical (unpaired) electrons. The largest absolute Gasteiger partial charge is 0.453 e. The predicted molar refractivity (Wildman–Crippen MR) is 306 cm³/mol. The van der Waals surface area contributed by atoms with E-state index in [1.165, 1.54) is 82.3 Å². The molecule has 75 heavy (non-hydrogen) atoms. The Labute approximate surface area is 433 Å². The van der Waals surface area contributed by atoms with Gasteiger partial charge in [0.2, 0.25) is 0 Å². The first-order chi connectivity index (χ1) is 36.8. The zero-order valence-electron chi connectivity index (χ0n) is 41.0. The fourth-order valence-corrected chi connectivity index (χ4v) is 20.1. The highest BCUT2D eigenvalue weighted by atomic mass is 28.3. The van der Waals surface area contributed by atoms with Crippen molar-refractivity contribution in [3.05, 3.63) is 268 Å². The van der Waals surface area contributed by atoms with E-state index in [2.05, 4.69) is 195 Å². The second kappa shape index (κ2) is 14.2. The molecule has 3 heterocycles. The summed E-state index contributed by atoms with van der Waals surface area (Å²) in [4.78, 5) is 2.44. The van der Waals surface area contributed by atoms with E-state index < -0.39 is 18.9 Å². The van der Waals surface area contributed by atoms with E-state index >= 15 is 8.78 Å². The molecule has 17 rings (SSSR count). The normalized spacial score (nSPS) is 15.7. The summed E-state index contributed by atoms with van der Waals surface area (Å²) in [7, 11) is -3.21. The number of nitrogens with zero attached hydrogens (tertiary/aromatic N) is 1. The van der Waals surface area contributed by atoms with E-state index in [-0.39, 0.29) is 11.6 Å². The lowest BCUT2D eigenvalue weighted by molar-refractivity contribution is 0.628. The van der Waals surface area contributed by atoms with E-state index in [1.54, 1.807) is 24.3 Å². The summed E-state index contributed by atoms with van der Waals surface area (Å²) in [6, 6.07) is 75.2. The van der Waals surface area contributed by atoms with Gasteiger partial charge < -0.3 is 9.32 Å². The van der Waals surface area contributed by atoms with Gasteiger partial charge in [0.25, 0.3) is 0 Å². The molecule has 5 aliphatic rings. The number of halogens is 2. The van der Waals surface area contributed by atoms with E-state index in [4.69, 9.17) is 4.42 Å². The number of para-hydroxylation sites is 2. The van der Waals surface area contributed by atoms with Crippen LogP contribution in [0, 0.1) is 11.6 Å². The third kappa shape index (κ3) is 4.94. The lowest BCUT2D eigenvalue weighted by atomic mass is 9.61. The molecule has 0 fully saturated rings. The number of rotatable bonds is 3. The average molecular weight is 980 g/mol. The lowest BCUT2D eigenvalue weighted by Crippen LogP contribution is -2.72. The van der Waals surface area contributed by atoms with Crippen LogP contribution in [0.3, 0.4) is 0 Å². The standard InChI is InChI=1S/C70H43F2NOSi/c1-69(2)55-18-8-9-19-59(55)73(61-39-63-52(38-58(61)69)48-14-5-10-21-62(48)75(63,44-30-26-42(71)27-31-44)45-32-28-43(72)29-33-45)60-20-11-15-49-50-35-37-57-66(68(50)74-67(49)60)51-34-24-40-22-23-41-25-36-56(65(51)64(40)41)70(57)53-16-6-3-12-46(53)47-13-4-7-17-54(47)70/h3-39H,1-2H3. The van der Waals surface area contributed by atoms with Crippen molar-refractivity contribution in [2.24, 2.45) is 0 Å². The maximum atomic E-state index is 15.0. The predicted octanol–water partition coefficient (Wildman–Crippen LogP) is 15.3. The molecule has 1 spiro atoms. The fraction of sp³-hybridized carbons (Fsp3) is 0.0571. The molecule has 11 aromatic carbocycles. The molecule has 2 aliphatic heterocycles. The Bertz CT molecular complexity index is 4500. The Morgan fingerprint density at radius 3 is 1.69 bits per heavy atom. The van der Waals surface area contributed by atoms with Crippen LogP contribution in [0.25, 0.3) is 78.2 Å². The molecular formula is C70H43F2NOSi. The van der Waals surface area contributed by atoms with Gasteiger partial charge in [-0.25, -0.2) is 8.78 Å². The zero-order valence-corrected chi connectivity index (χ0v) is 42.0. The van der Waals surface area contributed by atoms with Gasteiger partial charge in [0.15, 0.2) is 13.7 Å². The topological polar surface area (TPSA) is 16.4 Å². The highest BCUT2D eigenvalue weighted by Gasteiger charge is 2.53. The van der Waals surface area contributed by atoms with Gasteiger partial charge in [-0.15, -0.1) is 0 Å². The molecule has 0 unspecified atom stereocenters. The third-order valence-electron chi connectivity index (χ3n) is 18.0. The molecular weight excluding hydrogens is 937 g/mol. The zero-order chi connectivity index (χ0) is 49.7. The van der Waals surface area contributed by atoms with Crippen LogP contribution in [0.1, 0.15) is 58.4 Å². The van der Waals surface area contributed by atoms with Crippen LogP contribution in [0.2, 0.25) is 0 Å². The van der Waals surface area contributed by atoms with Crippen LogP contribution in [0.15, 0.2) is 217 Å². The minimum absolute atomic E-state index is 0.289. The number of hydrogen-bond donors (Lipinski definition) is 0. The van der Waals surface area contributed by atoms with Crippen LogP contribution in [0.4, 0.5) is 25.8 Å². The second-order valence-corrected chi connectivity index (χ2v) is 25.4. The van der Waals surface area contributed by atoms with Crippen molar-refractivity contribution in [3.63, 3.8) is 0 Å². The molecule has 12 aromatic rings. The van der Waals surface area contributed by atoms with Gasteiger partial charge in [-0.1, -0.05) is 190 Å². The monoisotopic (exact) mass is 979 g/mol. The molecule has 0 bridgehead atoms. The third-order valence-corrected chi connectivity index (χ3v) is 22.9. The number of furan rings is 1. The summed E-state index contributed by atoms with van der Waals surface area (Å²) in [5.74, 6) is -0.578. The first-order valence-corrected chi connectivity index (χ1v) is 28.0. The van der Waals surface area contributed by atoms with E-state index in [0.29, 0.717) is 0 Å². The van der Waals surface area contributed by atoms with Crippen molar-refractivity contribution in [1.29, 1.82) is 0 Å². The van der Waals surface area contributed by atoms with Crippen molar-refractivity contribution < 1.29 is 13.2 Å². The molecule has 5 heteroatoms. The Kier molecular flexibility index (Phi) is 7.88. The molecule has 0 saturated carbocycles. The molecule has 0 N–H and O–H groups in total. The summed E-state index contributed by atoms with van der Waals surface area (Å²) in [6.07, 6.45) is 4.53. The quantitative estimate of drug-likeness (QED) is 0.164. The van der Waals surface area contributed by atoms with Gasteiger partial charge in [0, 0.05) is 21.8 Å². The van der Waals surface area contributed by atoms with Gasteiger partial charge in [0.1, 0.15) is 17.2 Å². The van der Waals surface area contributed by atoms with Crippen LogP contribution in [-0.2, 0) is 10.8 Å². The number of benzene rings is 11. The molecule has 1 aromatic heterocycles. The van der Waals surface area contributed by atoms with E-state index in [1.807, 2.05) is 24.3 Å². The van der Waals surface area contributed by atoms with Gasteiger partial charge in [0.05, 0.1) is 22.5 Å². The smallest absolute Gasteiger partial charge is 0.180 e. The van der Waals surface area contributed by atoms with E-state index in [0.717, 1.165) is 66.1 Å². The number of anilines is 3. The number of hydrogen-bond acceptors (Lipinski definition) is 2. The van der Waals surface area contributed by atoms with Gasteiger partial charge in [-0.2, -0.15) is 0 Å². The first kappa shape index (κ1) is 41.6. The van der Waals surface area contributed by atoms with Crippen LogP contribution < -0.4 is 25.6 Å².